The highest BCUT2D eigenvalue weighted by Crippen LogP contribution is 2.23. The first-order valence-corrected chi connectivity index (χ1v) is 6.57. The monoisotopic (exact) mass is 212 g/mol. The van der Waals surface area contributed by atoms with Gasteiger partial charge in [0.05, 0.1) is 0 Å². The van der Waals surface area contributed by atoms with Crippen molar-refractivity contribution in [3.05, 3.63) is 0 Å². The van der Waals surface area contributed by atoms with Gasteiger partial charge in [-0.2, -0.15) is 0 Å². The highest BCUT2D eigenvalue weighted by Gasteiger charge is 2.14. The summed E-state index contributed by atoms with van der Waals surface area (Å²) in [6.07, 6.45) is 5.38. The Balaban J connectivity index is 1.92. The molecule has 1 fully saturated rings. The van der Waals surface area contributed by atoms with Gasteiger partial charge < -0.3 is 10.2 Å². The van der Waals surface area contributed by atoms with Crippen LogP contribution < -0.4 is 5.32 Å². The number of hydrogen-bond acceptors (Lipinski definition) is 2. The van der Waals surface area contributed by atoms with Gasteiger partial charge in [0.2, 0.25) is 0 Å². The molecule has 2 heteroatoms. The van der Waals surface area contributed by atoms with E-state index in [1.165, 1.54) is 58.4 Å². The first-order valence-electron chi connectivity index (χ1n) is 6.57. The fourth-order valence-electron chi connectivity index (χ4n) is 1.97. The molecule has 0 atom stereocenters. The van der Waals surface area contributed by atoms with Gasteiger partial charge >= 0.3 is 0 Å². The Kier molecular flexibility index (Phi) is 5.62. The second-order valence-corrected chi connectivity index (χ2v) is 5.57. The van der Waals surface area contributed by atoms with Gasteiger partial charge in [-0.05, 0) is 44.3 Å². The average molecular weight is 212 g/mol. The molecule has 0 radical (unpaired) electrons. The number of nitrogens with one attached hydrogen (secondary N) is 1. The number of nitrogens with zero attached hydrogens (tertiary/aromatic N) is 1. The van der Waals surface area contributed by atoms with E-state index in [2.05, 4.69) is 31.0 Å². The summed E-state index contributed by atoms with van der Waals surface area (Å²) in [6, 6.07) is 0. The van der Waals surface area contributed by atoms with Crippen molar-refractivity contribution in [2.24, 2.45) is 5.41 Å². The van der Waals surface area contributed by atoms with Crippen molar-refractivity contribution >= 4 is 0 Å². The standard InChI is InChI=1S/C13H28N2/c1-4-13(2,3)7-8-14-9-12-15-10-5-6-11-15/h14H,4-12H2,1-3H3. The molecular weight excluding hydrogens is 184 g/mol. The summed E-state index contributed by atoms with van der Waals surface area (Å²) in [6.45, 7) is 13.2. The van der Waals surface area contributed by atoms with Gasteiger partial charge in [0.15, 0.2) is 0 Å². The summed E-state index contributed by atoms with van der Waals surface area (Å²) < 4.78 is 0. The first-order chi connectivity index (χ1) is 7.14. The molecule has 0 aromatic rings. The van der Waals surface area contributed by atoms with Crippen LogP contribution in [0.3, 0.4) is 0 Å². The van der Waals surface area contributed by atoms with Crippen LogP contribution in [0.1, 0.15) is 46.5 Å². The van der Waals surface area contributed by atoms with Crippen LogP contribution in [-0.2, 0) is 0 Å². The average Bonchev–Trinajstić information content (AvgIpc) is 2.70. The van der Waals surface area contributed by atoms with Gasteiger partial charge in [-0.15, -0.1) is 0 Å². The van der Waals surface area contributed by atoms with E-state index in [4.69, 9.17) is 0 Å². The second kappa shape index (κ2) is 6.49. The van der Waals surface area contributed by atoms with Gasteiger partial charge in [-0.1, -0.05) is 27.2 Å². The van der Waals surface area contributed by atoms with E-state index < -0.39 is 0 Å². The van der Waals surface area contributed by atoms with Crippen molar-refractivity contribution in [2.75, 3.05) is 32.7 Å². The Bertz CT molecular complexity index is 160. The largest absolute Gasteiger partial charge is 0.315 e. The molecule has 0 unspecified atom stereocenters. The molecule has 1 rings (SSSR count). The van der Waals surface area contributed by atoms with Crippen LogP contribution in [0, 0.1) is 5.41 Å². The van der Waals surface area contributed by atoms with E-state index in [9.17, 15) is 0 Å². The van der Waals surface area contributed by atoms with Crippen LogP contribution in [-0.4, -0.2) is 37.6 Å². The Labute approximate surface area is 95.4 Å². The normalized spacial score (nSPS) is 18.6. The summed E-state index contributed by atoms with van der Waals surface area (Å²) in [7, 11) is 0. The molecule has 0 aliphatic carbocycles. The van der Waals surface area contributed by atoms with Crippen LogP contribution in [0.15, 0.2) is 0 Å². The van der Waals surface area contributed by atoms with E-state index in [-0.39, 0.29) is 0 Å². The molecule has 2 nitrogen and oxygen atoms in total. The van der Waals surface area contributed by atoms with Crippen molar-refractivity contribution < 1.29 is 0 Å². The van der Waals surface area contributed by atoms with E-state index in [1.807, 2.05) is 0 Å². The summed E-state index contributed by atoms with van der Waals surface area (Å²) in [5.41, 5.74) is 0.515. The maximum atomic E-state index is 3.56. The van der Waals surface area contributed by atoms with Crippen LogP contribution in [0.5, 0.6) is 0 Å². The molecule has 0 aromatic carbocycles. The molecule has 0 bridgehead atoms. The Morgan fingerprint density at radius 2 is 1.80 bits per heavy atom. The lowest BCUT2D eigenvalue weighted by Gasteiger charge is -2.23. The maximum absolute atomic E-state index is 3.56. The summed E-state index contributed by atoms with van der Waals surface area (Å²) in [5.74, 6) is 0. The zero-order chi connectivity index (χ0) is 11.1. The van der Waals surface area contributed by atoms with Gasteiger partial charge in [0, 0.05) is 13.1 Å². The lowest BCUT2D eigenvalue weighted by molar-refractivity contribution is 0.302. The molecule has 1 heterocycles. The van der Waals surface area contributed by atoms with Gasteiger partial charge in [-0.25, -0.2) is 0 Å². The zero-order valence-corrected chi connectivity index (χ0v) is 10.8. The van der Waals surface area contributed by atoms with Crippen LogP contribution in [0.2, 0.25) is 0 Å². The molecule has 0 amide bonds. The highest BCUT2D eigenvalue weighted by atomic mass is 15.1. The van der Waals surface area contributed by atoms with Crippen molar-refractivity contribution in [3.63, 3.8) is 0 Å². The molecule has 1 N–H and O–H groups in total. The molecule has 90 valence electrons. The van der Waals surface area contributed by atoms with Crippen molar-refractivity contribution in [3.8, 4) is 0 Å². The molecule has 0 spiro atoms. The van der Waals surface area contributed by atoms with E-state index in [1.54, 1.807) is 0 Å². The third-order valence-electron chi connectivity index (χ3n) is 3.74. The molecule has 0 saturated carbocycles. The smallest absolute Gasteiger partial charge is 0.0107 e. The molecular formula is C13H28N2. The van der Waals surface area contributed by atoms with Crippen LogP contribution in [0.4, 0.5) is 0 Å². The predicted octanol–water partition coefficient (Wildman–Crippen LogP) is 2.50. The van der Waals surface area contributed by atoms with Crippen LogP contribution >= 0.6 is 0 Å². The minimum atomic E-state index is 0.515. The minimum Gasteiger partial charge on any atom is -0.315 e. The SMILES string of the molecule is CCC(C)(C)CCNCCN1CCCC1. The molecule has 1 aliphatic heterocycles. The lowest BCUT2D eigenvalue weighted by Crippen LogP contribution is -2.31. The Morgan fingerprint density at radius 3 is 2.40 bits per heavy atom. The molecule has 15 heavy (non-hydrogen) atoms. The van der Waals surface area contributed by atoms with Crippen LogP contribution in [0.25, 0.3) is 0 Å². The molecule has 1 aliphatic rings. The van der Waals surface area contributed by atoms with Gasteiger partial charge in [0.25, 0.3) is 0 Å². The van der Waals surface area contributed by atoms with Gasteiger partial charge in [0.1, 0.15) is 0 Å². The lowest BCUT2D eigenvalue weighted by atomic mass is 9.87. The number of hydrogen-bond donors (Lipinski definition) is 1. The Morgan fingerprint density at radius 1 is 1.13 bits per heavy atom. The first kappa shape index (κ1) is 13.0. The quantitative estimate of drug-likeness (QED) is 0.652. The number of rotatable bonds is 7. The Hall–Kier alpha value is -0.0800. The van der Waals surface area contributed by atoms with Crippen molar-refractivity contribution in [2.45, 2.75) is 46.5 Å². The molecule has 0 aromatic heterocycles. The third-order valence-corrected chi connectivity index (χ3v) is 3.74. The molecule has 1 saturated heterocycles. The fraction of sp³-hybridized carbons (Fsp3) is 1.00. The summed E-state index contributed by atoms with van der Waals surface area (Å²) >= 11 is 0. The maximum Gasteiger partial charge on any atom is 0.0107 e. The summed E-state index contributed by atoms with van der Waals surface area (Å²) in [4.78, 5) is 2.57. The topological polar surface area (TPSA) is 15.3 Å². The summed E-state index contributed by atoms with van der Waals surface area (Å²) in [5, 5.41) is 3.56. The van der Waals surface area contributed by atoms with E-state index >= 15 is 0 Å². The van der Waals surface area contributed by atoms with E-state index in [0.29, 0.717) is 5.41 Å². The second-order valence-electron chi connectivity index (χ2n) is 5.57. The van der Waals surface area contributed by atoms with Gasteiger partial charge in [-0.3, -0.25) is 0 Å². The number of likely N-dealkylation sites (tertiary alicyclic amines) is 1. The minimum absolute atomic E-state index is 0.515. The van der Waals surface area contributed by atoms with E-state index in [0.717, 1.165) is 0 Å². The third kappa shape index (κ3) is 5.53. The predicted molar refractivity (Wildman–Crippen MR) is 67.2 cm³/mol. The highest BCUT2D eigenvalue weighted by molar-refractivity contribution is 4.69. The van der Waals surface area contributed by atoms with Crippen molar-refractivity contribution in [1.82, 2.24) is 10.2 Å². The van der Waals surface area contributed by atoms with Crippen molar-refractivity contribution in [1.29, 1.82) is 0 Å². The fourth-order valence-corrected chi connectivity index (χ4v) is 1.97. The zero-order valence-electron chi connectivity index (χ0n) is 10.8.